The molecule has 106 valence electrons. The van der Waals surface area contributed by atoms with Crippen LogP contribution in [0.2, 0.25) is 10.0 Å². The molecule has 0 heterocycles. The Labute approximate surface area is 128 Å². The molecule has 1 nitrogen and oxygen atoms in total. The van der Waals surface area contributed by atoms with Crippen molar-refractivity contribution in [2.45, 2.75) is 26.3 Å². The van der Waals surface area contributed by atoms with Crippen molar-refractivity contribution < 1.29 is 4.39 Å². The van der Waals surface area contributed by atoms with Gasteiger partial charge < -0.3 is 5.73 Å². The minimum Gasteiger partial charge on any atom is -0.324 e. The molecule has 0 saturated carbocycles. The second-order valence-corrected chi connectivity index (χ2v) is 5.85. The predicted molar refractivity (Wildman–Crippen MR) is 83.0 cm³/mol. The van der Waals surface area contributed by atoms with E-state index >= 15 is 0 Å². The first kappa shape index (κ1) is 15.3. The normalized spacial score (nSPS) is 12.5. The van der Waals surface area contributed by atoms with Crippen LogP contribution in [-0.2, 0) is 6.42 Å². The smallest absolute Gasteiger partial charge is 0.128 e. The molecule has 0 radical (unpaired) electrons. The highest BCUT2D eigenvalue weighted by Gasteiger charge is 2.16. The zero-order valence-corrected chi connectivity index (χ0v) is 12.9. The second kappa shape index (κ2) is 6.13. The zero-order chi connectivity index (χ0) is 14.9. The summed E-state index contributed by atoms with van der Waals surface area (Å²) in [5, 5.41) is 0.985. The van der Waals surface area contributed by atoms with Crippen LogP contribution in [0, 0.1) is 19.7 Å². The highest BCUT2D eigenvalue weighted by atomic mass is 35.5. The molecule has 0 aliphatic rings. The number of halogens is 3. The van der Waals surface area contributed by atoms with Gasteiger partial charge in [0.15, 0.2) is 0 Å². The lowest BCUT2D eigenvalue weighted by atomic mass is 9.94. The van der Waals surface area contributed by atoms with Gasteiger partial charge in [0.25, 0.3) is 0 Å². The van der Waals surface area contributed by atoms with Gasteiger partial charge in [0.2, 0.25) is 0 Å². The standard InChI is InChI=1S/C16H16Cl2FN/c1-9-5-10(2)16(14(19)6-9)15(20)8-11-3-4-12(17)13(18)7-11/h3-7,15H,8,20H2,1-2H3. The summed E-state index contributed by atoms with van der Waals surface area (Å²) < 4.78 is 14.1. The molecular weight excluding hydrogens is 296 g/mol. The Balaban J connectivity index is 2.28. The van der Waals surface area contributed by atoms with Gasteiger partial charge in [-0.25, -0.2) is 4.39 Å². The van der Waals surface area contributed by atoms with E-state index < -0.39 is 6.04 Å². The van der Waals surface area contributed by atoms with Gasteiger partial charge in [-0.3, -0.25) is 0 Å². The molecule has 0 bridgehead atoms. The van der Waals surface area contributed by atoms with Crippen LogP contribution in [0.25, 0.3) is 0 Å². The SMILES string of the molecule is Cc1cc(C)c(C(N)Cc2ccc(Cl)c(Cl)c2)c(F)c1. The van der Waals surface area contributed by atoms with Gasteiger partial charge >= 0.3 is 0 Å². The summed E-state index contributed by atoms with van der Waals surface area (Å²) in [6, 6.07) is 8.39. The van der Waals surface area contributed by atoms with Gasteiger partial charge in [-0.1, -0.05) is 35.3 Å². The molecule has 2 rings (SSSR count). The van der Waals surface area contributed by atoms with Gasteiger partial charge in [0.05, 0.1) is 10.0 Å². The van der Waals surface area contributed by atoms with Crippen LogP contribution >= 0.6 is 23.2 Å². The van der Waals surface area contributed by atoms with Crippen LogP contribution in [-0.4, -0.2) is 0 Å². The summed E-state index contributed by atoms with van der Waals surface area (Å²) in [4.78, 5) is 0. The van der Waals surface area contributed by atoms with E-state index in [9.17, 15) is 4.39 Å². The Morgan fingerprint density at radius 2 is 1.80 bits per heavy atom. The van der Waals surface area contributed by atoms with Crippen LogP contribution in [0.3, 0.4) is 0 Å². The Kier molecular flexibility index (Phi) is 4.69. The maximum atomic E-state index is 14.1. The molecule has 2 aromatic rings. The van der Waals surface area contributed by atoms with Crippen LogP contribution in [0.1, 0.15) is 28.3 Å². The summed E-state index contributed by atoms with van der Waals surface area (Å²) in [7, 11) is 0. The minimum absolute atomic E-state index is 0.255. The Hall–Kier alpha value is -1.09. The number of benzene rings is 2. The predicted octanol–water partition coefficient (Wildman–Crippen LogP) is 4.99. The average molecular weight is 312 g/mol. The minimum atomic E-state index is -0.409. The molecule has 0 fully saturated rings. The van der Waals surface area contributed by atoms with Crippen molar-refractivity contribution in [2.75, 3.05) is 0 Å². The second-order valence-electron chi connectivity index (χ2n) is 5.04. The van der Waals surface area contributed by atoms with Gasteiger partial charge in [0, 0.05) is 11.6 Å². The van der Waals surface area contributed by atoms with Crippen molar-refractivity contribution in [3.63, 3.8) is 0 Å². The maximum Gasteiger partial charge on any atom is 0.128 e. The lowest BCUT2D eigenvalue weighted by Gasteiger charge is -2.17. The fourth-order valence-corrected chi connectivity index (χ4v) is 2.74. The fourth-order valence-electron chi connectivity index (χ4n) is 2.42. The number of aryl methyl sites for hydroxylation is 2. The zero-order valence-electron chi connectivity index (χ0n) is 11.4. The van der Waals surface area contributed by atoms with Crippen molar-refractivity contribution in [3.05, 3.63) is 68.4 Å². The highest BCUT2D eigenvalue weighted by Crippen LogP contribution is 2.27. The van der Waals surface area contributed by atoms with E-state index in [1.54, 1.807) is 12.1 Å². The molecule has 0 amide bonds. The maximum absolute atomic E-state index is 14.1. The first-order valence-corrected chi connectivity index (χ1v) is 7.10. The third-order valence-corrected chi connectivity index (χ3v) is 4.03. The number of nitrogens with two attached hydrogens (primary N) is 1. The summed E-state index contributed by atoms with van der Waals surface area (Å²) >= 11 is 11.9. The van der Waals surface area contributed by atoms with Gasteiger partial charge in [0.1, 0.15) is 5.82 Å². The molecule has 0 saturated heterocycles. The molecule has 1 atom stereocenters. The Bertz CT molecular complexity index is 617. The lowest BCUT2D eigenvalue weighted by Crippen LogP contribution is -2.16. The summed E-state index contributed by atoms with van der Waals surface area (Å²) in [5.41, 5.74) is 9.41. The summed E-state index contributed by atoms with van der Waals surface area (Å²) in [6.45, 7) is 3.74. The van der Waals surface area contributed by atoms with Gasteiger partial charge in [-0.15, -0.1) is 0 Å². The van der Waals surface area contributed by atoms with Crippen molar-refractivity contribution in [1.29, 1.82) is 0 Å². The van der Waals surface area contributed by atoms with Crippen molar-refractivity contribution in [2.24, 2.45) is 5.73 Å². The van der Waals surface area contributed by atoms with E-state index in [0.29, 0.717) is 22.0 Å². The fraction of sp³-hybridized carbons (Fsp3) is 0.250. The topological polar surface area (TPSA) is 26.0 Å². The quantitative estimate of drug-likeness (QED) is 0.849. The molecule has 2 N–H and O–H groups in total. The monoisotopic (exact) mass is 311 g/mol. The van der Waals surface area contributed by atoms with E-state index in [4.69, 9.17) is 28.9 Å². The molecule has 0 spiro atoms. The molecular formula is C16H16Cl2FN. The molecule has 2 aromatic carbocycles. The van der Waals surface area contributed by atoms with E-state index in [1.807, 2.05) is 26.0 Å². The average Bonchev–Trinajstić information content (AvgIpc) is 2.32. The van der Waals surface area contributed by atoms with Crippen LogP contribution in [0.4, 0.5) is 4.39 Å². The third-order valence-electron chi connectivity index (χ3n) is 3.29. The molecule has 0 aliphatic carbocycles. The van der Waals surface area contributed by atoms with Gasteiger partial charge in [-0.05, 0) is 55.2 Å². The van der Waals surface area contributed by atoms with Crippen LogP contribution in [0.5, 0.6) is 0 Å². The Morgan fingerprint density at radius 1 is 1.10 bits per heavy atom. The Morgan fingerprint density at radius 3 is 2.40 bits per heavy atom. The largest absolute Gasteiger partial charge is 0.324 e. The van der Waals surface area contributed by atoms with Crippen molar-refractivity contribution in [3.8, 4) is 0 Å². The van der Waals surface area contributed by atoms with Crippen LogP contribution in [0.15, 0.2) is 30.3 Å². The third kappa shape index (κ3) is 3.32. The molecule has 1 unspecified atom stereocenters. The van der Waals surface area contributed by atoms with Crippen LogP contribution < -0.4 is 5.73 Å². The first-order valence-electron chi connectivity index (χ1n) is 6.34. The van der Waals surface area contributed by atoms with E-state index in [-0.39, 0.29) is 5.82 Å². The number of rotatable bonds is 3. The highest BCUT2D eigenvalue weighted by molar-refractivity contribution is 6.42. The first-order chi connectivity index (χ1) is 9.38. The van der Waals surface area contributed by atoms with Crippen molar-refractivity contribution >= 4 is 23.2 Å². The summed E-state index contributed by atoms with van der Waals surface area (Å²) in [6.07, 6.45) is 0.512. The van der Waals surface area contributed by atoms with Gasteiger partial charge in [-0.2, -0.15) is 0 Å². The van der Waals surface area contributed by atoms with Crippen molar-refractivity contribution in [1.82, 2.24) is 0 Å². The van der Waals surface area contributed by atoms with E-state index in [2.05, 4.69) is 0 Å². The number of hydrogen-bond donors (Lipinski definition) is 1. The molecule has 0 aromatic heterocycles. The molecule has 4 heteroatoms. The summed E-state index contributed by atoms with van der Waals surface area (Å²) in [5.74, 6) is -0.255. The molecule has 0 aliphatic heterocycles. The van der Waals surface area contributed by atoms with E-state index in [1.165, 1.54) is 6.07 Å². The number of hydrogen-bond acceptors (Lipinski definition) is 1. The van der Waals surface area contributed by atoms with E-state index in [0.717, 1.165) is 16.7 Å². The molecule has 20 heavy (non-hydrogen) atoms. The lowest BCUT2D eigenvalue weighted by molar-refractivity contribution is 0.576.